The lowest BCUT2D eigenvalue weighted by atomic mass is 10.1. The van der Waals surface area contributed by atoms with Crippen LogP contribution in [0.15, 0.2) is 65.2 Å². The van der Waals surface area contributed by atoms with Gasteiger partial charge in [-0.25, -0.2) is 4.98 Å². The molecule has 1 amide bonds. The van der Waals surface area contributed by atoms with Crippen LogP contribution < -0.4 is 10.1 Å². The number of amides is 1. The number of rotatable bonds is 6. The third-order valence-electron chi connectivity index (χ3n) is 3.68. The summed E-state index contributed by atoms with van der Waals surface area (Å²) in [5.74, 6) is 1.03. The van der Waals surface area contributed by atoms with E-state index in [2.05, 4.69) is 10.3 Å². The van der Waals surface area contributed by atoms with Crippen molar-refractivity contribution in [3.63, 3.8) is 0 Å². The van der Waals surface area contributed by atoms with Crippen molar-refractivity contribution in [2.24, 2.45) is 0 Å². The van der Waals surface area contributed by atoms with Gasteiger partial charge in [0.05, 0.1) is 19.9 Å². The predicted octanol–water partition coefficient (Wildman–Crippen LogP) is 2.70. The van der Waals surface area contributed by atoms with Gasteiger partial charge in [0.15, 0.2) is 11.9 Å². The van der Waals surface area contributed by atoms with E-state index in [1.807, 2.05) is 30.3 Å². The molecule has 1 unspecified atom stereocenters. The van der Waals surface area contributed by atoms with Gasteiger partial charge >= 0.3 is 0 Å². The monoisotopic (exact) mass is 338 g/mol. The first-order valence-electron chi connectivity index (χ1n) is 7.77. The third-order valence-corrected chi connectivity index (χ3v) is 3.68. The van der Waals surface area contributed by atoms with E-state index in [4.69, 9.17) is 9.15 Å². The van der Waals surface area contributed by atoms with Crippen molar-refractivity contribution in [1.82, 2.24) is 10.3 Å². The molecule has 0 saturated carbocycles. The van der Waals surface area contributed by atoms with Gasteiger partial charge in [0.2, 0.25) is 5.89 Å². The van der Waals surface area contributed by atoms with Crippen molar-refractivity contribution >= 4 is 5.91 Å². The zero-order chi connectivity index (χ0) is 17.6. The van der Waals surface area contributed by atoms with Crippen molar-refractivity contribution in [1.29, 1.82) is 0 Å². The standard InChI is InChI=1S/C19H18N2O4/c1-24-15-9-5-8-14(10-15)18(22)19(23)21-12-17-20-11-16(25-17)13-6-3-2-4-7-13/h2-11,18,22H,12H2,1H3,(H,21,23). The highest BCUT2D eigenvalue weighted by atomic mass is 16.5. The second-order valence-electron chi connectivity index (χ2n) is 5.38. The fourth-order valence-corrected chi connectivity index (χ4v) is 2.35. The van der Waals surface area contributed by atoms with Crippen LogP contribution in [0.3, 0.4) is 0 Å². The van der Waals surface area contributed by atoms with Crippen LogP contribution in [0, 0.1) is 0 Å². The lowest BCUT2D eigenvalue weighted by Gasteiger charge is -2.11. The minimum absolute atomic E-state index is 0.0900. The average Bonchev–Trinajstić information content (AvgIpc) is 3.15. The first-order chi connectivity index (χ1) is 12.2. The quantitative estimate of drug-likeness (QED) is 0.722. The maximum atomic E-state index is 12.1. The van der Waals surface area contributed by atoms with Crippen molar-refractivity contribution in [3.8, 4) is 17.1 Å². The number of hydrogen-bond donors (Lipinski definition) is 2. The number of oxazole rings is 1. The number of methoxy groups -OCH3 is 1. The average molecular weight is 338 g/mol. The van der Waals surface area contributed by atoms with Crippen LogP contribution in [-0.2, 0) is 11.3 Å². The Balaban J connectivity index is 1.61. The first kappa shape index (κ1) is 16.7. The number of carbonyl (C=O) groups is 1. The van der Waals surface area contributed by atoms with Gasteiger partial charge in [0, 0.05) is 5.56 Å². The number of ether oxygens (including phenoxy) is 1. The molecule has 25 heavy (non-hydrogen) atoms. The number of carbonyl (C=O) groups excluding carboxylic acids is 1. The highest BCUT2D eigenvalue weighted by molar-refractivity contribution is 5.81. The second-order valence-corrected chi connectivity index (χ2v) is 5.38. The van der Waals surface area contributed by atoms with Crippen LogP contribution in [0.25, 0.3) is 11.3 Å². The smallest absolute Gasteiger partial charge is 0.253 e. The second kappa shape index (κ2) is 7.63. The van der Waals surface area contributed by atoms with Crippen molar-refractivity contribution in [2.45, 2.75) is 12.6 Å². The molecular weight excluding hydrogens is 320 g/mol. The normalized spacial score (nSPS) is 11.8. The molecule has 0 radical (unpaired) electrons. The number of benzene rings is 2. The molecule has 2 N–H and O–H groups in total. The van der Waals surface area contributed by atoms with Crippen LogP contribution in [0.5, 0.6) is 5.75 Å². The number of aromatic nitrogens is 1. The first-order valence-corrected chi connectivity index (χ1v) is 7.77. The summed E-state index contributed by atoms with van der Waals surface area (Å²) < 4.78 is 10.7. The Labute approximate surface area is 145 Å². The maximum Gasteiger partial charge on any atom is 0.253 e. The van der Waals surface area contributed by atoms with Crippen molar-refractivity contribution < 1.29 is 19.1 Å². The van der Waals surface area contributed by atoms with E-state index in [0.717, 1.165) is 5.56 Å². The van der Waals surface area contributed by atoms with E-state index in [1.165, 1.54) is 7.11 Å². The third kappa shape index (κ3) is 4.05. The fourth-order valence-electron chi connectivity index (χ4n) is 2.35. The molecule has 0 aliphatic heterocycles. The molecule has 128 valence electrons. The summed E-state index contributed by atoms with van der Waals surface area (Å²) in [6.45, 7) is 0.0900. The number of hydrogen-bond acceptors (Lipinski definition) is 5. The highest BCUT2D eigenvalue weighted by Gasteiger charge is 2.18. The molecule has 0 saturated heterocycles. The van der Waals surface area contributed by atoms with E-state index < -0.39 is 12.0 Å². The highest BCUT2D eigenvalue weighted by Crippen LogP contribution is 2.21. The predicted molar refractivity (Wildman–Crippen MR) is 91.7 cm³/mol. The Hall–Kier alpha value is -3.12. The summed E-state index contributed by atoms with van der Waals surface area (Å²) in [5.41, 5.74) is 1.36. The lowest BCUT2D eigenvalue weighted by Crippen LogP contribution is -2.28. The Bertz CT molecular complexity index is 845. The van der Waals surface area contributed by atoms with Gasteiger partial charge in [0.1, 0.15) is 5.75 Å². The molecule has 0 spiro atoms. The molecule has 6 heteroatoms. The van der Waals surface area contributed by atoms with Gasteiger partial charge in [-0.15, -0.1) is 0 Å². The van der Waals surface area contributed by atoms with Gasteiger partial charge in [-0.2, -0.15) is 0 Å². The lowest BCUT2D eigenvalue weighted by molar-refractivity contribution is -0.129. The molecule has 2 aromatic carbocycles. The Morgan fingerprint density at radius 2 is 2.04 bits per heavy atom. The number of nitrogens with one attached hydrogen (secondary N) is 1. The molecule has 3 aromatic rings. The van der Waals surface area contributed by atoms with Crippen LogP contribution >= 0.6 is 0 Å². The number of nitrogens with zero attached hydrogens (tertiary/aromatic N) is 1. The topological polar surface area (TPSA) is 84.6 Å². The SMILES string of the molecule is COc1cccc(C(O)C(=O)NCc2ncc(-c3ccccc3)o2)c1. The largest absolute Gasteiger partial charge is 0.497 e. The van der Waals surface area contributed by atoms with Crippen LogP contribution in [-0.4, -0.2) is 23.1 Å². The minimum Gasteiger partial charge on any atom is -0.497 e. The molecule has 1 heterocycles. The van der Waals surface area contributed by atoms with Crippen molar-refractivity contribution in [2.75, 3.05) is 7.11 Å². The molecule has 1 atom stereocenters. The maximum absolute atomic E-state index is 12.1. The molecule has 0 aliphatic rings. The zero-order valence-corrected chi connectivity index (χ0v) is 13.7. The summed E-state index contributed by atoms with van der Waals surface area (Å²) >= 11 is 0. The Morgan fingerprint density at radius 1 is 1.24 bits per heavy atom. The van der Waals surface area contributed by atoms with E-state index in [1.54, 1.807) is 30.5 Å². The molecule has 0 fully saturated rings. The molecule has 0 bridgehead atoms. The fraction of sp³-hybridized carbons (Fsp3) is 0.158. The van der Waals surface area contributed by atoms with E-state index >= 15 is 0 Å². The molecule has 0 aliphatic carbocycles. The van der Waals surface area contributed by atoms with Gasteiger partial charge in [-0.3, -0.25) is 4.79 Å². The number of aliphatic hydroxyl groups is 1. The van der Waals surface area contributed by atoms with E-state index in [9.17, 15) is 9.90 Å². The number of aliphatic hydroxyl groups excluding tert-OH is 1. The zero-order valence-electron chi connectivity index (χ0n) is 13.7. The van der Waals surface area contributed by atoms with Gasteiger partial charge in [-0.1, -0.05) is 42.5 Å². The summed E-state index contributed by atoms with van der Waals surface area (Å²) in [4.78, 5) is 16.3. The van der Waals surface area contributed by atoms with E-state index in [-0.39, 0.29) is 6.54 Å². The Morgan fingerprint density at radius 3 is 2.80 bits per heavy atom. The summed E-state index contributed by atoms with van der Waals surface area (Å²) in [5, 5.41) is 12.8. The van der Waals surface area contributed by atoms with Crippen LogP contribution in [0.2, 0.25) is 0 Å². The van der Waals surface area contributed by atoms with Gasteiger partial charge in [0.25, 0.3) is 5.91 Å². The van der Waals surface area contributed by atoms with Crippen LogP contribution in [0.4, 0.5) is 0 Å². The van der Waals surface area contributed by atoms with Gasteiger partial charge in [-0.05, 0) is 17.7 Å². The van der Waals surface area contributed by atoms with Crippen molar-refractivity contribution in [3.05, 3.63) is 72.2 Å². The Kier molecular flexibility index (Phi) is 5.11. The summed E-state index contributed by atoms with van der Waals surface area (Å²) in [6, 6.07) is 16.3. The molecular formula is C19H18N2O4. The van der Waals surface area contributed by atoms with Crippen LogP contribution in [0.1, 0.15) is 17.6 Å². The molecule has 6 nitrogen and oxygen atoms in total. The summed E-state index contributed by atoms with van der Waals surface area (Å²) in [6.07, 6.45) is 0.314. The molecule has 1 aromatic heterocycles. The molecule has 3 rings (SSSR count). The minimum atomic E-state index is -1.29. The summed E-state index contributed by atoms with van der Waals surface area (Å²) in [7, 11) is 1.53. The van der Waals surface area contributed by atoms with Gasteiger partial charge < -0.3 is 19.6 Å². The van der Waals surface area contributed by atoms with E-state index in [0.29, 0.717) is 23.0 Å².